The number of rotatable bonds is 2. The lowest BCUT2D eigenvalue weighted by Gasteiger charge is -2.20. The molecule has 0 saturated carbocycles. The molecule has 1 aromatic carbocycles. The molecule has 3 rings (SSSR count). The molecular formula is C13H16N3O+. The molecule has 0 bridgehead atoms. The van der Waals surface area contributed by atoms with Crippen LogP contribution in [0, 0.1) is 0 Å². The van der Waals surface area contributed by atoms with Gasteiger partial charge in [0.05, 0.1) is 20.0 Å². The fourth-order valence-electron chi connectivity index (χ4n) is 2.43. The molecule has 1 aromatic heterocycles. The van der Waals surface area contributed by atoms with Gasteiger partial charge in [0.1, 0.15) is 11.4 Å². The summed E-state index contributed by atoms with van der Waals surface area (Å²) in [4.78, 5) is 7.67. The van der Waals surface area contributed by atoms with Gasteiger partial charge in [0.2, 0.25) is 0 Å². The Labute approximate surface area is 100 Å². The van der Waals surface area contributed by atoms with E-state index in [1.807, 2.05) is 12.1 Å². The van der Waals surface area contributed by atoms with Crippen LogP contribution in [-0.2, 0) is 6.42 Å². The summed E-state index contributed by atoms with van der Waals surface area (Å²) in [6.45, 7) is 1.09. The highest BCUT2D eigenvalue weighted by Crippen LogP contribution is 2.24. The summed E-state index contributed by atoms with van der Waals surface area (Å²) in [5, 5.41) is 2.33. The van der Waals surface area contributed by atoms with Crippen molar-refractivity contribution in [3.8, 4) is 5.75 Å². The van der Waals surface area contributed by atoms with Gasteiger partial charge < -0.3 is 15.0 Å². The van der Waals surface area contributed by atoms with Gasteiger partial charge in [0.25, 0.3) is 0 Å². The largest absolute Gasteiger partial charge is 0.497 e. The summed E-state index contributed by atoms with van der Waals surface area (Å²) in [7, 11) is 1.70. The topological polar surface area (TPSA) is 54.5 Å². The maximum Gasteiger partial charge on any atom is 0.156 e. The number of nitrogens with zero attached hydrogens (tertiary/aromatic N) is 1. The van der Waals surface area contributed by atoms with Gasteiger partial charge in [-0.05, 0) is 12.1 Å². The maximum absolute atomic E-state index is 5.27. The Morgan fingerprint density at radius 3 is 3.29 bits per heavy atom. The zero-order chi connectivity index (χ0) is 11.7. The minimum atomic E-state index is 0.292. The van der Waals surface area contributed by atoms with Gasteiger partial charge >= 0.3 is 0 Å². The van der Waals surface area contributed by atoms with Crippen molar-refractivity contribution < 1.29 is 10.1 Å². The Bertz CT molecular complexity index is 521. The van der Waals surface area contributed by atoms with E-state index in [4.69, 9.17) is 4.74 Å². The second-order valence-electron chi connectivity index (χ2n) is 4.29. The highest BCUT2D eigenvalue weighted by atomic mass is 16.5. The van der Waals surface area contributed by atoms with Gasteiger partial charge in [-0.15, -0.1) is 0 Å². The van der Waals surface area contributed by atoms with Crippen LogP contribution in [0.25, 0.3) is 0 Å². The Morgan fingerprint density at radius 1 is 1.47 bits per heavy atom. The lowest BCUT2D eigenvalue weighted by molar-refractivity contribution is -0.690. The van der Waals surface area contributed by atoms with Gasteiger partial charge in [0, 0.05) is 17.7 Å². The predicted molar refractivity (Wildman–Crippen MR) is 63.9 cm³/mol. The number of quaternary nitrogens is 1. The number of methoxy groups -OCH3 is 1. The van der Waals surface area contributed by atoms with Crippen LogP contribution in [0.2, 0.25) is 0 Å². The molecular weight excluding hydrogens is 214 g/mol. The zero-order valence-electron chi connectivity index (χ0n) is 9.81. The first-order chi connectivity index (χ1) is 8.38. The lowest BCUT2D eigenvalue weighted by atomic mass is 9.98. The van der Waals surface area contributed by atoms with Crippen LogP contribution in [0.1, 0.15) is 23.0 Å². The molecule has 0 saturated heterocycles. The number of imidazole rings is 1. The second kappa shape index (κ2) is 4.22. The van der Waals surface area contributed by atoms with E-state index in [0.29, 0.717) is 6.04 Å². The Hall–Kier alpha value is -1.81. The van der Waals surface area contributed by atoms with E-state index in [-0.39, 0.29) is 0 Å². The Kier molecular flexibility index (Phi) is 2.57. The van der Waals surface area contributed by atoms with E-state index in [1.165, 1.54) is 11.3 Å². The molecule has 3 N–H and O–H groups in total. The highest BCUT2D eigenvalue weighted by Gasteiger charge is 2.27. The number of nitrogens with two attached hydrogens (primary N) is 1. The molecule has 0 spiro atoms. The van der Waals surface area contributed by atoms with E-state index in [1.54, 1.807) is 13.4 Å². The van der Waals surface area contributed by atoms with Crippen LogP contribution in [-0.4, -0.2) is 23.6 Å². The van der Waals surface area contributed by atoms with Crippen molar-refractivity contribution in [3.05, 3.63) is 47.5 Å². The summed E-state index contributed by atoms with van der Waals surface area (Å²) < 4.78 is 5.27. The molecule has 2 heterocycles. The highest BCUT2D eigenvalue weighted by molar-refractivity contribution is 5.34. The van der Waals surface area contributed by atoms with E-state index < -0.39 is 0 Å². The van der Waals surface area contributed by atoms with Crippen LogP contribution in [0.4, 0.5) is 0 Å². The Morgan fingerprint density at radius 2 is 2.41 bits per heavy atom. The number of hydrogen-bond acceptors (Lipinski definition) is 2. The normalized spacial score (nSPS) is 18.8. The lowest BCUT2D eigenvalue weighted by Crippen LogP contribution is -2.87. The first-order valence-corrected chi connectivity index (χ1v) is 5.88. The van der Waals surface area contributed by atoms with Gasteiger partial charge in [-0.1, -0.05) is 12.1 Å². The van der Waals surface area contributed by atoms with Crippen molar-refractivity contribution in [2.45, 2.75) is 12.5 Å². The van der Waals surface area contributed by atoms with Crippen molar-refractivity contribution in [1.82, 2.24) is 9.97 Å². The maximum atomic E-state index is 5.27. The number of aromatic amines is 1. The SMILES string of the molecule is COc1cccc([C@H]2[NH2+]CCc3[nH]cnc32)c1. The summed E-state index contributed by atoms with van der Waals surface area (Å²) in [5.74, 6) is 0.901. The smallest absolute Gasteiger partial charge is 0.156 e. The molecule has 17 heavy (non-hydrogen) atoms. The fraction of sp³-hybridized carbons (Fsp3) is 0.308. The average Bonchev–Trinajstić information content (AvgIpc) is 2.87. The molecule has 1 aliphatic heterocycles. The molecule has 0 fully saturated rings. The number of H-pyrrole nitrogens is 1. The van der Waals surface area contributed by atoms with E-state index in [2.05, 4.69) is 27.4 Å². The molecule has 1 atom stereocenters. The van der Waals surface area contributed by atoms with E-state index >= 15 is 0 Å². The number of benzene rings is 1. The number of aromatic nitrogens is 2. The molecule has 88 valence electrons. The van der Waals surface area contributed by atoms with Gasteiger partial charge in [-0.25, -0.2) is 4.98 Å². The van der Waals surface area contributed by atoms with Gasteiger partial charge in [-0.2, -0.15) is 0 Å². The predicted octanol–water partition coefficient (Wildman–Crippen LogP) is 0.627. The molecule has 4 heteroatoms. The standard InChI is InChI=1S/C13H15N3O/c1-17-10-4-2-3-9(7-10)12-13-11(5-6-14-12)15-8-16-13/h2-4,7-8,12,14H,5-6H2,1H3,(H,15,16)/p+1/t12-/m1/s1. The summed E-state index contributed by atoms with van der Waals surface area (Å²) in [5.41, 5.74) is 3.67. The fourth-order valence-corrected chi connectivity index (χ4v) is 2.43. The molecule has 0 amide bonds. The number of hydrogen-bond donors (Lipinski definition) is 2. The molecule has 2 aromatic rings. The van der Waals surface area contributed by atoms with Crippen LogP contribution in [0.3, 0.4) is 0 Å². The minimum Gasteiger partial charge on any atom is -0.497 e. The average molecular weight is 230 g/mol. The summed E-state index contributed by atoms with van der Waals surface area (Å²) in [6.07, 6.45) is 2.85. The zero-order valence-corrected chi connectivity index (χ0v) is 9.81. The van der Waals surface area contributed by atoms with Crippen molar-refractivity contribution in [1.29, 1.82) is 0 Å². The van der Waals surface area contributed by atoms with Gasteiger partial charge in [0.15, 0.2) is 6.04 Å². The molecule has 4 nitrogen and oxygen atoms in total. The summed E-state index contributed by atoms with van der Waals surface area (Å²) >= 11 is 0. The first-order valence-electron chi connectivity index (χ1n) is 5.88. The van der Waals surface area contributed by atoms with Crippen molar-refractivity contribution in [3.63, 3.8) is 0 Å². The number of fused-ring (bicyclic) bond motifs is 1. The monoisotopic (exact) mass is 230 g/mol. The molecule has 0 aliphatic carbocycles. The molecule has 0 unspecified atom stereocenters. The van der Waals surface area contributed by atoms with Crippen molar-refractivity contribution in [2.75, 3.05) is 13.7 Å². The Balaban J connectivity index is 2.00. The quantitative estimate of drug-likeness (QED) is 0.795. The first kappa shape index (κ1) is 10.4. The molecule has 0 radical (unpaired) electrons. The van der Waals surface area contributed by atoms with E-state index in [0.717, 1.165) is 24.4 Å². The minimum absolute atomic E-state index is 0.292. The van der Waals surface area contributed by atoms with Crippen molar-refractivity contribution in [2.24, 2.45) is 0 Å². The number of ether oxygens (including phenoxy) is 1. The third-order valence-electron chi connectivity index (χ3n) is 3.30. The van der Waals surface area contributed by atoms with E-state index in [9.17, 15) is 0 Å². The van der Waals surface area contributed by atoms with Crippen LogP contribution in [0.15, 0.2) is 30.6 Å². The van der Waals surface area contributed by atoms with Crippen LogP contribution >= 0.6 is 0 Å². The summed E-state index contributed by atoms with van der Waals surface area (Å²) in [6, 6.07) is 8.51. The van der Waals surface area contributed by atoms with Crippen LogP contribution < -0.4 is 10.1 Å². The second-order valence-corrected chi connectivity index (χ2v) is 4.29. The van der Waals surface area contributed by atoms with Gasteiger partial charge in [-0.3, -0.25) is 0 Å². The number of nitrogens with one attached hydrogen (secondary N) is 1. The molecule has 1 aliphatic rings. The third-order valence-corrected chi connectivity index (χ3v) is 3.30. The third kappa shape index (κ3) is 1.80. The van der Waals surface area contributed by atoms with Crippen molar-refractivity contribution >= 4 is 0 Å². The van der Waals surface area contributed by atoms with Crippen LogP contribution in [0.5, 0.6) is 5.75 Å².